The second-order valence-electron chi connectivity index (χ2n) is 2.91. The maximum atomic E-state index is 8.57. The maximum Gasteiger partial charge on any atom is 0.0991 e. The molecular formula is C11H12N2. The van der Waals surface area contributed by atoms with Gasteiger partial charge in [-0.3, -0.25) is 0 Å². The Labute approximate surface area is 78.3 Å². The van der Waals surface area contributed by atoms with Crippen molar-refractivity contribution in [3.8, 4) is 6.07 Å². The van der Waals surface area contributed by atoms with E-state index < -0.39 is 0 Å². The Morgan fingerprint density at radius 1 is 1.46 bits per heavy atom. The van der Waals surface area contributed by atoms with Crippen LogP contribution in [0.15, 0.2) is 36.9 Å². The van der Waals surface area contributed by atoms with E-state index in [1.807, 2.05) is 12.1 Å². The van der Waals surface area contributed by atoms with Crippen LogP contribution >= 0.6 is 0 Å². The standard InChI is InChI=1S/C11H12N2/c1-2-11(13)7-9-3-5-10(8-12)6-4-9/h2-6,11H,1,7,13H2. The fourth-order valence-electron chi connectivity index (χ4n) is 1.07. The second kappa shape index (κ2) is 4.44. The molecule has 1 unspecified atom stereocenters. The molecule has 0 saturated carbocycles. The van der Waals surface area contributed by atoms with E-state index in [9.17, 15) is 0 Å². The van der Waals surface area contributed by atoms with Gasteiger partial charge in [-0.25, -0.2) is 0 Å². The van der Waals surface area contributed by atoms with Crippen molar-refractivity contribution in [3.05, 3.63) is 48.0 Å². The molecule has 0 aliphatic heterocycles. The molecule has 0 saturated heterocycles. The molecule has 0 aliphatic rings. The smallest absolute Gasteiger partial charge is 0.0991 e. The van der Waals surface area contributed by atoms with Crippen LogP contribution in [0, 0.1) is 11.3 Å². The Morgan fingerprint density at radius 3 is 2.54 bits per heavy atom. The van der Waals surface area contributed by atoms with Crippen LogP contribution in [0.25, 0.3) is 0 Å². The number of nitrogens with two attached hydrogens (primary N) is 1. The van der Waals surface area contributed by atoms with Crippen molar-refractivity contribution in [2.45, 2.75) is 12.5 Å². The first-order valence-corrected chi connectivity index (χ1v) is 4.13. The lowest BCUT2D eigenvalue weighted by atomic mass is 10.1. The van der Waals surface area contributed by atoms with Gasteiger partial charge in [-0.2, -0.15) is 5.26 Å². The summed E-state index contributed by atoms with van der Waals surface area (Å²) in [7, 11) is 0. The molecule has 0 aliphatic carbocycles. The summed E-state index contributed by atoms with van der Waals surface area (Å²) in [4.78, 5) is 0. The number of hydrogen-bond donors (Lipinski definition) is 1. The molecule has 1 aromatic rings. The number of nitrogens with zero attached hydrogens (tertiary/aromatic N) is 1. The van der Waals surface area contributed by atoms with Gasteiger partial charge in [-0.05, 0) is 24.1 Å². The molecule has 1 rings (SSSR count). The highest BCUT2D eigenvalue weighted by Crippen LogP contribution is 2.05. The van der Waals surface area contributed by atoms with Crippen molar-refractivity contribution in [1.29, 1.82) is 5.26 Å². The quantitative estimate of drug-likeness (QED) is 0.704. The summed E-state index contributed by atoms with van der Waals surface area (Å²) in [6.45, 7) is 3.61. The average Bonchev–Trinajstić information content (AvgIpc) is 2.19. The Morgan fingerprint density at radius 2 is 2.08 bits per heavy atom. The number of benzene rings is 1. The fourth-order valence-corrected chi connectivity index (χ4v) is 1.07. The topological polar surface area (TPSA) is 49.8 Å². The van der Waals surface area contributed by atoms with Crippen LogP contribution in [0.5, 0.6) is 0 Å². The Hall–Kier alpha value is -1.59. The minimum Gasteiger partial charge on any atom is -0.324 e. The Bertz CT molecular complexity index is 319. The Balaban J connectivity index is 2.70. The van der Waals surface area contributed by atoms with Gasteiger partial charge in [0.25, 0.3) is 0 Å². The highest BCUT2D eigenvalue weighted by Gasteiger charge is 1.98. The van der Waals surface area contributed by atoms with Crippen LogP contribution in [0.2, 0.25) is 0 Å². The van der Waals surface area contributed by atoms with E-state index in [0.29, 0.717) is 5.56 Å². The Kier molecular flexibility index (Phi) is 3.24. The van der Waals surface area contributed by atoms with Gasteiger partial charge in [0.05, 0.1) is 11.6 Å². The minimum atomic E-state index is -0.00654. The third-order valence-corrected chi connectivity index (χ3v) is 1.86. The summed E-state index contributed by atoms with van der Waals surface area (Å²) in [6.07, 6.45) is 2.49. The van der Waals surface area contributed by atoms with Crippen LogP contribution < -0.4 is 5.73 Å². The highest BCUT2D eigenvalue weighted by atomic mass is 14.6. The summed E-state index contributed by atoms with van der Waals surface area (Å²) < 4.78 is 0. The summed E-state index contributed by atoms with van der Waals surface area (Å²) >= 11 is 0. The van der Waals surface area contributed by atoms with Crippen molar-refractivity contribution >= 4 is 0 Å². The zero-order valence-electron chi connectivity index (χ0n) is 7.40. The van der Waals surface area contributed by atoms with E-state index in [2.05, 4.69) is 12.6 Å². The first kappa shape index (κ1) is 9.50. The molecule has 2 heteroatoms. The van der Waals surface area contributed by atoms with E-state index in [0.717, 1.165) is 12.0 Å². The lowest BCUT2D eigenvalue weighted by Crippen LogP contribution is -2.19. The zero-order chi connectivity index (χ0) is 9.68. The summed E-state index contributed by atoms with van der Waals surface area (Å²) in [5.74, 6) is 0. The van der Waals surface area contributed by atoms with E-state index in [4.69, 9.17) is 11.0 Å². The number of rotatable bonds is 3. The molecule has 0 aromatic heterocycles. The van der Waals surface area contributed by atoms with Gasteiger partial charge in [-0.1, -0.05) is 18.2 Å². The maximum absolute atomic E-state index is 8.57. The van der Waals surface area contributed by atoms with Gasteiger partial charge in [0.2, 0.25) is 0 Å². The van der Waals surface area contributed by atoms with E-state index in [1.54, 1.807) is 18.2 Å². The van der Waals surface area contributed by atoms with Crippen LogP contribution in [0.3, 0.4) is 0 Å². The monoisotopic (exact) mass is 172 g/mol. The van der Waals surface area contributed by atoms with Gasteiger partial charge < -0.3 is 5.73 Å². The normalized spacial score (nSPS) is 11.7. The number of hydrogen-bond acceptors (Lipinski definition) is 2. The molecule has 66 valence electrons. The van der Waals surface area contributed by atoms with Crippen LogP contribution in [-0.2, 0) is 6.42 Å². The molecule has 0 bridgehead atoms. The summed E-state index contributed by atoms with van der Waals surface area (Å²) in [6, 6.07) is 9.49. The summed E-state index contributed by atoms with van der Waals surface area (Å²) in [5.41, 5.74) is 7.50. The minimum absolute atomic E-state index is 0.00654. The van der Waals surface area contributed by atoms with Crippen molar-refractivity contribution in [2.24, 2.45) is 5.73 Å². The molecular weight excluding hydrogens is 160 g/mol. The third-order valence-electron chi connectivity index (χ3n) is 1.86. The second-order valence-corrected chi connectivity index (χ2v) is 2.91. The van der Waals surface area contributed by atoms with Crippen molar-refractivity contribution < 1.29 is 0 Å². The average molecular weight is 172 g/mol. The molecule has 0 amide bonds. The molecule has 1 aromatic carbocycles. The van der Waals surface area contributed by atoms with E-state index in [-0.39, 0.29) is 6.04 Å². The van der Waals surface area contributed by atoms with Gasteiger partial charge in [0, 0.05) is 6.04 Å². The molecule has 0 fully saturated rings. The van der Waals surface area contributed by atoms with Crippen LogP contribution in [-0.4, -0.2) is 6.04 Å². The van der Waals surface area contributed by atoms with Gasteiger partial charge >= 0.3 is 0 Å². The van der Waals surface area contributed by atoms with Crippen LogP contribution in [0.1, 0.15) is 11.1 Å². The largest absolute Gasteiger partial charge is 0.324 e. The van der Waals surface area contributed by atoms with Gasteiger partial charge in [0.15, 0.2) is 0 Å². The molecule has 2 N–H and O–H groups in total. The first-order chi connectivity index (χ1) is 6.26. The van der Waals surface area contributed by atoms with Gasteiger partial charge in [0.1, 0.15) is 0 Å². The fraction of sp³-hybridized carbons (Fsp3) is 0.182. The van der Waals surface area contributed by atoms with Crippen molar-refractivity contribution in [2.75, 3.05) is 0 Å². The molecule has 2 nitrogen and oxygen atoms in total. The molecule has 0 spiro atoms. The summed E-state index contributed by atoms with van der Waals surface area (Å²) in [5, 5.41) is 8.57. The first-order valence-electron chi connectivity index (χ1n) is 4.13. The lowest BCUT2D eigenvalue weighted by Gasteiger charge is -2.05. The van der Waals surface area contributed by atoms with Crippen molar-refractivity contribution in [1.82, 2.24) is 0 Å². The zero-order valence-corrected chi connectivity index (χ0v) is 7.40. The predicted molar refractivity (Wildman–Crippen MR) is 53.0 cm³/mol. The SMILES string of the molecule is C=CC(N)Cc1ccc(C#N)cc1. The van der Waals surface area contributed by atoms with Crippen molar-refractivity contribution in [3.63, 3.8) is 0 Å². The molecule has 1 atom stereocenters. The lowest BCUT2D eigenvalue weighted by molar-refractivity contribution is 0.812. The van der Waals surface area contributed by atoms with Gasteiger partial charge in [-0.15, -0.1) is 6.58 Å². The molecule has 0 heterocycles. The third kappa shape index (κ3) is 2.73. The van der Waals surface area contributed by atoms with Crippen LogP contribution in [0.4, 0.5) is 0 Å². The number of nitriles is 1. The molecule has 0 radical (unpaired) electrons. The van der Waals surface area contributed by atoms with E-state index in [1.165, 1.54) is 0 Å². The predicted octanol–water partition coefficient (Wildman–Crippen LogP) is 1.61. The van der Waals surface area contributed by atoms with E-state index >= 15 is 0 Å². The molecule has 13 heavy (non-hydrogen) atoms. The highest BCUT2D eigenvalue weighted by molar-refractivity contribution is 5.32.